The Morgan fingerprint density at radius 2 is 1.70 bits per heavy atom. The van der Waals surface area contributed by atoms with E-state index < -0.39 is 0 Å². The maximum Gasteiger partial charge on any atom is 0.140 e. The molecule has 4 aromatic heterocycles. The van der Waals surface area contributed by atoms with E-state index in [4.69, 9.17) is 4.98 Å². The molecule has 27 heavy (non-hydrogen) atoms. The molecule has 0 spiro atoms. The van der Waals surface area contributed by atoms with Crippen LogP contribution < -0.4 is 10.2 Å². The number of aromatic nitrogens is 5. The summed E-state index contributed by atoms with van der Waals surface area (Å²) in [5.41, 5.74) is 4.71. The van der Waals surface area contributed by atoms with Crippen molar-refractivity contribution in [1.29, 1.82) is 0 Å². The lowest BCUT2D eigenvalue weighted by molar-refractivity contribution is 0.939. The van der Waals surface area contributed by atoms with Gasteiger partial charge in [-0.15, -0.1) is 0 Å². The highest BCUT2D eigenvalue weighted by Crippen LogP contribution is 2.31. The van der Waals surface area contributed by atoms with E-state index in [0.29, 0.717) is 0 Å². The van der Waals surface area contributed by atoms with Crippen molar-refractivity contribution in [3.8, 4) is 0 Å². The molecule has 0 fully saturated rings. The number of anilines is 3. The number of hydrogen-bond acceptors (Lipinski definition) is 6. The van der Waals surface area contributed by atoms with Crippen molar-refractivity contribution >= 4 is 44.5 Å². The van der Waals surface area contributed by atoms with Crippen molar-refractivity contribution in [1.82, 2.24) is 24.6 Å². The molecule has 132 valence electrons. The van der Waals surface area contributed by atoms with E-state index >= 15 is 0 Å². The first-order valence-corrected chi connectivity index (χ1v) is 8.61. The van der Waals surface area contributed by atoms with Gasteiger partial charge in [-0.1, -0.05) is 0 Å². The standard InChI is InChI=1S/C20H17N7/c1-26(2)14-5-3-13(4-6-14)23-20-16-11-21-9-7-15(16)18-19(24-20)17-8-10-22-12-27(17)25-18/h3-12H,1-2H3,(H,23,24). The third-order valence-electron chi connectivity index (χ3n) is 4.62. The maximum atomic E-state index is 4.87. The lowest BCUT2D eigenvalue weighted by atomic mass is 10.1. The fraction of sp³-hybridized carbons (Fsp3) is 0.100. The number of nitrogens with one attached hydrogen (secondary N) is 1. The largest absolute Gasteiger partial charge is 0.378 e. The first-order chi connectivity index (χ1) is 13.2. The molecule has 7 nitrogen and oxygen atoms in total. The Hall–Kier alpha value is -3.74. The van der Waals surface area contributed by atoms with Gasteiger partial charge >= 0.3 is 0 Å². The molecule has 7 heteroatoms. The predicted octanol–water partition coefficient (Wildman–Crippen LogP) is 3.64. The van der Waals surface area contributed by atoms with E-state index in [1.807, 2.05) is 44.6 Å². The second-order valence-corrected chi connectivity index (χ2v) is 6.56. The van der Waals surface area contributed by atoms with Gasteiger partial charge in [-0.25, -0.2) is 14.5 Å². The first-order valence-electron chi connectivity index (χ1n) is 8.61. The molecule has 0 amide bonds. The number of fused-ring (bicyclic) bond motifs is 5. The van der Waals surface area contributed by atoms with Gasteiger partial charge in [0.2, 0.25) is 0 Å². The number of benzene rings is 1. The van der Waals surface area contributed by atoms with Gasteiger partial charge in [-0.2, -0.15) is 5.10 Å². The summed E-state index contributed by atoms with van der Waals surface area (Å²) in [6.07, 6.45) is 7.04. The molecule has 4 heterocycles. The van der Waals surface area contributed by atoms with Crippen LogP contribution in [0.1, 0.15) is 0 Å². The topological polar surface area (TPSA) is 71.2 Å². The minimum absolute atomic E-state index is 0.759. The summed E-state index contributed by atoms with van der Waals surface area (Å²) in [6.45, 7) is 0. The minimum Gasteiger partial charge on any atom is -0.378 e. The van der Waals surface area contributed by atoms with Crippen molar-refractivity contribution in [2.75, 3.05) is 24.3 Å². The lowest BCUT2D eigenvalue weighted by Crippen LogP contribution is -2.08. The van der Waals surface area contributed by atoms with Crippen LogP contribution in [0.15, 0.2) is 61.3 Å². The Labute approximate surface area is 155 Å². The summed E-state index contributed by atoms with van der Waals surface area (Å²) >= 11 is 0. The summed E-state index contributed by atoms with van der Waals surface area (Å²) in [4.78, 5) is 15.4. The average molecular weight is 355 g/mol. The highest BCUT2D eigenvalue weighted by molar-refractivity contribution is 6.12. The van der Waals surface area contributed by atoms with Crippen LogP contribution >= 0.6 is 0 Å². The van der Waals surface area contributed by atoms with Crippen LogP contribution in [-0.4, -0.2) is 38.7 Å². The number of pyridine rings is 2. The van der Waals surface area contributed by atoms with Crippen molar-refractivity contribution in [2.45, 2.75) is 0 Å². The van der Waals surface area contributed by atoms with Crippen LogP contribution in [0.4, 0.5) is 17.2 Å². The molecule has 0 aliphatic rings. The summed E-state index contributed by atoms with van der Waals surface area (Å²) in [5, 5.41) is 10.0. The zero-order valence-electron chi connectivity index (χ0n) is 15.0. The smallest absolute Gasteiger partial charge is 0.140 e. The Kier molecular flexibility index (Phi) is 3.39. The van der Waals surface area contributed by atoms with Gasteiger partial charge in [-0.05, 0) is 36.4 Å². The molecule has 0 atom stereocenters. The van der Waals surface area contributed by atoms with Crippen LogP contribution in [0.3, 0.4) is 0 Å². The Morgan fingerprint density at radius 1 is 0.889 bits per heavy atom. The van der Waals surface area contributed by atoms with Crippen LogP contribution in [0.2, 0.25) is 0 Å². The van der Waals surface area contributed by atoms with Gasteiger partial charge in [0.1, 0.15) is 23.2 Å². The van der Waals surface area contributed by atoms with Gasteiger partial charge in [0.05, 0.1) is 5.52 Å². The Morgan fingerprint density at radius 3 is 2.52 bits per heavy atom. The predicted molar refractivity (Wildman–Crippen MR) is 108 cm³/mol. The summed E-state index contributed by atoms with van der Waals surface area (Å²) in [5.74, 6) is 0.759. The first kappa shape index (κ1) is 15.5. The van der Waals surface area contributed by atoms with Gasteiger partial charge in [0, 0.05) is 54.8 Å². The molecule has 1 N–H and O–H groups in total. The highest BCUT2D eigenvalue weighted by Gasteiger charge is 2.14. The lowest BCUT2D eigenvalue weighted by Gasteiger charge is -2.14. The highest BCUT2D eigenvalue weighted by atomic mass is 15.2. The molecular weight excluding hydrogens is 338 g/mol. The summed E-state index contributed by atoms with van der Waals surface area (Å²) in [7, 11) is 4.05. The van der Waals surface area contributed by atoms with E-state index in [9.17, 15) is 0 Å². The molecular formula is C20H17N7. The second kappa shape index (κ2) is 5.91. The molecule has 0 bridgehead atoms. The SMILES string of the molecule is CN(C)c1ccc(Nc2nc3c(nn4cnccc34)c3ccncc23)cc1. The number of nitrogens with zero attached hydrogens (tertiary/aromatic N) is 6. The van der Waals surface area contributed by atoms with E-state index in [0.717, 1.165) is 44.5 Å². The maximum absolute atomic E-state index is 4.87. The van der Waals surface area contributed by atoms with Gasteiger partial charge < -0.3 is 10.2 Å². The Balaban J connectivity index is 1.71. The van der Waals surface area contributed by atoms with Gasteiger partial charge in [-0.3, -0.25) is 4.98 Å². The van der Waals surface area contributed by atoms with E-state index in [2.05, 4.69) is 37.4 Å². The van der Waals surface area contributed by atoms with Gasteiger partial charge in [0.15, 0.2) is 0 Å². The summed E-state index contributed by atoms with van der Waals surface area (Å²) < 4.78 is 1.76. The summed E-state index contributed by atoms with van der Waals surface area (Å²) in [6, 6.07) is 12.1. The zero-order chi connectivity index (χ0) is 18.4. The fourth-order valence-corrected chi connectivity index (χ4v) is 3.23. The van der Waals surface area contributed by atoms with Crippen LogP contribution in [0, 0.1) is 0 Å². The van der Waals surface area contributed by atoms with E-state index in [1.54, 1.807) is 23.2 Å². The second-order valence-electron chi connectivity index (χ2n) is 6.56. The molecule has 0 saturated carbocycles. The molecule has 0 radical (unpaired) electrons. The molecule has 0 aliphatic carbocycles. The van der Waals surface area contributed by atoms with E-state index in [-0.39, 0.29) is 0 Å². The molecule has 0 saturated heterocycles. The average Bonchev–Trinajstić information content (AvgIpc) is 3.07. The molecule has 1 aromatic carbocycles. The Bertz CT molecular complexity index is 1270. The van der Waals surface area contributed by atoms with Crippen LogP contribution in [0.5, 0.6) is 0 Å². The third kappa shape index (κ3) is 2.52. The van der Waals surface area contributed by atoms with Crippen molar-refractivity contribution in [3.63, 3.8) is 0 Å². The quantitative estimate of drug-likeness (QED) is 0.533. The normalized spacial score (nSPS) is 11.3. The minimum atomic E-state index is 0.759. The van der Waals surface area contributed by atoms with Gasteiger partial charge in [0.25, 0.3) is 0 Å². The van der Waals surface area contributed by atoms with Crippen molar-refractivity contribution in [3.05, 3.63) is 61.3 Å². The molecule has 0 unspecified atom stereocenters. The zero-order valence-corrected chi connectivity index (χ0v) is 15.0. The van der Waals surface area contributed by atoms with E-state index in [1.165, 1.54) is 0 Å². The number of rotatable bonds is 3. The monoisotopic (exact) mass is 355 g/mol. The molecule has 0 aliphatic heterocycles. The van der Waals surface area contributed by atoms with Crippen molar-refractivity contribution in [2.24, 2.45) is 0 Å². The molecule has 5 rings (SSSR count). The fourth-order valence-electron chi connectivity index (χ4n) is 3.23. The van der Waals surface area contributed by atoms with Crippen LogP contribution in [-0.2, 0) is 0 Å². The molecule has 5 aromatic rings. The third-order valence-corrected chi connectivity index (χ3v) is 4.62. The van der Waals surface area contributed by atoms with Crippen molar-refractivity contribution < 1.29 is 0 Å². The number of hydrogen-bond donors (Lipinski definition) is 1. The van der Waals surface area contributed by atoms with Crippen LogP contribution in [0.25, 0.3) is 27.3 Å².